The van der Waals surface area contributed by atoms with Gasteiger partial charge in [0.25, 0.3) is 0 Å². The minimum absolute atomic E-state index is 0.0408. The van der Waals surface area contributed by atoms with Gasteiger partial charge in [-0.25, -0.2) is 18.4 Å². The number of para-hydroxylation sites is 1. The smallest absolute Gasteiger partial charge is 0.418 e. The van der Waals surface area contributed by atoms with E-state index < -0.39 is 21.6 Å². The summed E-state index contributed by atoms with van der Waals surface area (Å²) >= 11 is 6.36. The third kappa shape index (κ3) is 5.39. The quantitative estimate of drug-likeness (QED) is 0.324. The maximum Gasteiger partial charge on any atom is 0.418 e. The second-order valence-corrected chi connectivity index (χ2v) is 10.1. The van der Waals surface area contributed by atoms with Crippen LogP contribution in [-0.4, -0.2) is 35.9 Å². The molecule has 0 radical (unpaired) electrons. The second-order valence-electron chi connectivity index (χ2n) is 7.54. The normalized spacial score (nSPS) is 12.1. The zero-order chi connectivity index (χ0) is 25.2. The van der Waals surface area contributed by atoms with Gasteiger partial charge >= 0.3 is 6.18 Å². The van der Waals surface area contributed by atoms with Crippen LogP contribution in [-0.2, 0) is 16.0 Å². The number of aliphatic hydroxyl groups is 1. The average Bonchev–Trinajstić information content (AvgIpc) is 2.83. The van der Waals surface area contributed by atoms with Gasteiger partial charge in [-0.05, 0) is 48.9 Å². The van der Waals surface area contributed by atoms with E-state index in [9.17, 15) is 21.6 Å². The summed E-state index contributed by atoms with van der Waals surface area (Å²) in [6.07, 6.45) is -3.45. The molecule has 0 amide bonds. The first-order chi connectivity index (χ1) is 16.6. The van der Waals surface area contributed by atoms with E-state index in [4.69, 9.17) is 21.4 Å². The third-order valence-corrected chi connectivity index (χ3v) is 7.26. The lowest BCUT2D eigenvalue weighted by molar-refractivity contribution is -0.136. The van der Waals surface area contributed by atoms with E-state index in [1.807, 2.05) is 0 Å². The summed E-state index contributed by atoms with van der Waals surface area (Å²) in [6.45, 7) is -0.245. The van der Waals surface area contributed by atoms with Gasteiger partial charge in [-0.3, -0.25) is 0 Å². The molecule has 4 aromatic rings. The fraction of sp³-hybridized carbons (Fsp3) is 0.167. The molecular weight excluding hydrogens is 505 g/mol. The number of sulfone groups is 1. The van der Waals surface area contributed by atoms with Gasteiger partial charge in [0, 0.05) is 17.6 Å². The molecule has 0 atom stereocenters. The molecule has 1 N–H and O–H groups in total. The Kier molecular flexibility index (Phi) is 6.98. The number of hydrogen-bond acceptors (Lipinski definition) is 6. The zero-order valence-electron chi connectivity index (χ0n) is 18.0. The number of alkyl halides is 3. The molecule has 0 unspecified atom stereocenters. The van der Waals surface area contributed by atoms with Crippen LogP contribution >= 0.6 is 11.6 Å². The number of ether oxygens (including phenoxy) is 1. The third-order valence-electron chi connectivity index (χ3n) is 5.13. The highest BCUT2D eigenvalue weighted by atomic mass is 35.5. The number of hydrogen-bond donors (Lipinski definition) is 1. The molecule has 35 heavy (non-hydrogen) atoms. The van der Waals surface area contributed by atoms with Crippen LogP contribution in [0.1, 0.15) is 12.0 Å². The number of aliphatic hydroxyl groups excluding tert-OH is 1. The Balaban J connectivity index is 1.73. The zero-order valence-corrected chi connectivity index (χ0v) is 19.5. The Morgan fingerprint density at radius 2 is 1.71 bits per heavy atom. The van der Waals surface area contributed by atoms with Crippen LogP contribution in [0, 0.1) is 0 Å². The maximum absolute atomic E-state index is 13.5. The topological polar surface area (TPSA) is 89.4 Å². The molecule has 4 rings (SSSR count). The van der Waals surface area contributed by atoms with E-state index >= 15 is 0 Å². The van der Waals surface area contributed by atoms with Gasteiger partial charge in [0.2, 0.25) is 0 Å². The van der Waals surface area contributed by atoms with E-state index in [0.717, 1.165) is 12.4 Å². The molecule has 0 aliphatic carbocycles. The summed E-state index contributed by atoms with van der Waals surface area (Å²) in [6, 6.07) is 14.1. The standard InChI is InChI=1S/C24H18ClF3N2O4S/c25-21-9-8-16(34-15-4-1-5-17(12-15)35(32,33)11-3-10-31)13-19(21)22-18-6-2-7-20(24(26,27)28)23(18)30-14-29-22/h1-2,4-9,12-14,31H,3,10-11H2. The van der Waals surface area contributed by atoms with Gasteiger partial charge in [-0.15, -0.1) is 0 Å². The second kappa shape index (κ2) is 9.80. The van der Waals surface area contributed by atoms with Gasteiger partial charge < -0.3 is 9.84 Å². The molecule has 0 aliphatic heterocycles. The first-order valence-electron chi connectivity index (χ1n) is 10.3. The molecule has 0 saturated carbocycles. The van der Waals surface area contributed by atoms with Crippen LogP contribution in [0.15, 0.2) is 71.9 Å². The number of aromatic nitrogens is 2. The number of halogens is 4. The summed E-state index contributed by atoms with van der Waals surface area (Å²) < 4.78 is 71.1. The van der Waals surface area contributed by atoms with E-state index in [1.54, 1.807) is 12.1 Å². The lowest BCUT2D eigenvalue weighted by Crippen LogP contribution is -2.08. The molecule has 182 valence electrons. The monoisotopic (exact) mass is 522 g/mol. The molecule has 1 aromatic heterocycles. The number of nitrogens with zero attached hydrogens (tertiary/aromatic N) is 2. The largest absolute Gasteiger partial charge is 0.457 e. The van der Waals surface area contributed by atoms with Crippen molar-refractivity contribution in [3.8, 4) is 22.8 Å². The van der Waals surface area contributed by atoms with E-state index in [2.05, 4.69) is 9.97 Å². The van der Waals surface area contributed by atoms with Crippen LogP contribution in [0.3, 0.4) is 0 Å². The Hall–Kier alpha value is -3.21. The van der Waals surface area contributed by atoms with Crippen molar-refractivity contribution in [1.82, 2.24) is 9.97 Å². The predicted octanol–water partition coefficient (Wildman–Crippen LogP) is 5.92. The number of rotatable bonds is 7. The first-order valence-corrected chi connectivity index (χ1v) is 12.4. The molecule has 3 aromatic carbocycles. The first kappa shape index (κ1) is 24.9. The summed E-state index contributed by atoms with van der Waals surface area (Å²) in [5.74, 6) is 0.293. The highest BCUT2D eigenvalue weighted by molar-refractivity contribution is 7.91. The van der Waals surface area contributed by atoms with Crippen molar-refractivity contribution in [3.63, 3.8) is 0 Å². The van der Waals surface area contributed by atoms with Gasteiger partial charge in [0.1, 0.15) is 17.8 Å². The van der Waals surface area contributed by atoms with Gasteiger partial charge in [0.05, 0.1) is 32.4 Å². The van der Waals surface area contributed by atoms with Crippen molar-refractivity contribution in [3.05, 3.63) is 77.6 Å². The summed E-state index contributed by atoms with van der Waals surface area (Å²) in [5, 5.41) is 9.32. The van der Waals surface area contributed by atoms with E-state index in [1.165, 1.54) is 42.5 Å². The molecule has 0 spiro atoms. The van der Waals surface area contributed by atoms with Crippen molar-refractivity contribution in [2.24, 2.45) is 0 Å². The number of fused-ring (bicyclic) bond motifs is 1. The van der Waals surface area contributed by atoms with Gasteiger partial charge in [-0.2, -0.15) is 13.2 Å². The molecule has 0 aliphatic rings. The highest BCUT2D eigenvalue weighted by Crippen LogP contribution is 2.39. The molecule has 0 fully saturated rings. The molecule has 0 bridgehead atoms. The lowest BCUT2D eigenvalue weighted by atomic mass is 10.0. The molecule has 1 heterocycles. The average molecular weight is 523 g/mol. The molecular formula is C24H18ClF3N2O4S. The molecule has 11 heteroatoms. The van der Waals surface area contributed by atoms with Gasteiger partial charge in [0.15, 0.2) is 9.84 Å². The van der Waals surface area contributed by atoms with Crippen molar-refractivity contribution in [2.75, 3.05) is 12.4 Å². The van der Waals surface area contributed by atoms with Gasteiger partial charge in [-0.1, -0.05) is 29.8 Å². The Morgan fingerprint density at radius 3 is 2.46 bits per heavy atom. The lowest BCUT2D eigenvalue weighted by Gasteiger charge is -2.13. The van der Waals surface area contributed by atoms with Crippen LogP contribution in [0.4, 0.5) is 13.2 Å². The predicted molar refractivity (Wildman–Crippen MR) is 125 cm³/mol. The fourth-order valence-electron chi connectivity index (χ4n) is 3.52. The van der Waals surface area contributed by atoms with Crippen molar-refractivity contribution in [2.45, 2.75) is 17.5 Å². The SMILES string of the molecule is O=S(=O)(CCCO)c1cccc(Oc2ccc(Cl)c(-c3ncnc4c(C(F)(F)F)cccc34)c2)c1. The summed E-state index contributed by atoms with van der Waals surface area (Å²) in [4.78, 5) is 8.04. The Morgan fingerprint density at radius 1 is 0.971 bits per heavy atom. The van der Waals surface area contributed by atoms with Crippen molar-refractivity contribution >= 4 is 32.3 Å². The summed E-state index contributed by atoms with van der Waals surface area (Å²) in [5.41, 5.74) is -0.630. The van der Waals surface area contributed by atoms with E-state index in [-0.39, 0.29) is 56.8 Å². The van der Waals surface area contributed by atoms with Crippen LogP contribution in [0.5, 0.6) is 11.5 Å². The minimum atomic E-state index is -4.59. The van der Waals surface area contributed by atoms with Crippen molar-refractivity contribution < 1.29 is 31.4 Å². The molecule has 6 nitrogen and oxygen atoms in total. The highest BCUT2D eigenvalue weighted by Gasteiger charge is 2.33. The van der Waals surface area contributed by atoms with Crippen LogP contribution in [0.25, 0.3) is 22.2 Å². The minimum Gasteiger partial charge on any atom is -0.457 e. The van der Waals surface area contributed by atoms with E-state index in [0.29, 0.717) is 5.56 Å². The van der Waals surface area contributed by atoms with Crippen molar-refractivity contribution in [1.29, 1.82) is 0 Å². The van der Waals surface area contributed by atoms with Crippen LogP contribution < -0.4 is 4.74 Å². The number of benzene rings is 3. The summed E-state index contributed by atoms with van der Waals surface area (Å²) in [7, 11) is -3.61. The van der Waals surface area contributed by atoms with Crippen LogP contribution in [0.2, 0.25) is 5.02 Å². The Labute approximate surface area is 203 Å². The molecule has 0 saturated heterocycles. The maximum atomic E-state index is 13.5. The Bertz CT molecular complexity index is 1490. The fourth-order valence-corrected chi connectivity index (χ4v) is 5.05.